The van der Waals surface area contributed by atoms with E-state index in [-0.39, 0.29) is 0 Å². The van der Waals surface area contributed by atoms with E-state index in [0.29, 0.717) is 0 Å². The van der Waals surface area contributed by atoms with Crippen molar-refractivity contribution in [2.75, 3.05) is 7.11 Å². The maximum absolute atomic E-state index is 5.29. The fraction of sp³-hybridized carbons (Fsp3) is 0.154. The van der Waals surface area contributed by atoms with Gasteiger partial charge in [0, 0.05) is 11.1 Å². The smallest absolute Gasteiger partial charge is 0.144 e. The van der Waals surface area contributed by atoms with Crippen LogP contribution in [-0.2, 0) is 0 Å². The van der Waals surface area contributed by atoms with E-state index in [4.69, 9.17) is 4.74 Å². The first-order chi connectivity index (χ1) is 7.81. The zero-order chi connectivity index (χ0) is 11.4. The Bertz CT molecular complexity index is 489. The van der Waals surface area contributed by atoms with Gasteiger partial charge in [0.05, 0.1) is 7.11 Å². The van der Waals surface area contributed by atoms with Crippen LogP contribution in [0.1, 0.15) is 10.4 Å². The first kappa shape index (κ1) is 10.9. The van der Waals surface area contributed by atoms with Crippen molar-refractivity contribution in [3.63, 3.8) is 0 Å². The zero-order valence-corrected chi connectivity index (χ0v) is 10.1. The second-order valence-electron chi connectivity index (χ2n) is 3.40. The lowest BCUT2D eigenvalue weighted by atomic mass is 10.2. The van der Waals surface area contributed by atoms with E-state index in [2.05, 4.69) is 4.99 Å². The van der Waals surface area contributed by atoms with Crippen LogP contribution in [0.15, 0.2) is 40.7 Å². The molecule has 0 amide bonds. The number of thiophene rings is 1. The highest BCUT2D eigenvalue weighted by Gasteiger charge is 2.03. The summed E-state index contributed by atoms with van der Waals surface area (Å²) in [5.41, 5.74) is 2.02. The van der Waals surface area contributed by atoms with Gasteiger partial charge in [-0.05, 0) is 30.0 Å². The number of hydrogen-bond acceptors (Lipinski definition) is 3. The largest absolute Gasteiger partial charge is 0.494 e. The van der Waals surface area contributed by atoms with E-state index in [9.17, 15) is 0 Å². The Balaban J connectivity index is 2.33. The lowest BCUT2D eigenvalue weighted by molar-refractivity contribution is 0.416. The number of aliphatic imine (C=N–C) groups is 1. The van der Waals surface area contributed by atoms with Gasteiger partial charge >= 0.3 is 0 Å². The predicted molar refractivity (Wildman–Crippen MR) is 69.3 cm³/mol. The number of nitrogens with zero attached hydrogens (tertiary/aromatic N) is 1. The lowest BCUT2D eigenvalue weighted by Gasteiger charge is -2.06. The molecule has 0 N–H and O–H groups in total. The highest BCUT2D eigenvalue weighted by molar-refractivity contribution is 7.11. The number of benzene rings is 1. The molecule has 0 radical (unpaired) electrons. The maximum atomic E-state index is 5.29. The van der Waals surface area contributed by atoms with Gasteiger partial charge in [-0.3, -0.25) is 4.99 Å². The molecule has 0 aliphatic carbocycles. The first-order valence-corrected chi connectivity index (χ1v) is 5.90. The summed E-state index contributed by atoms with van der Waals surface area (Å²) < 4.78 is 5.29. The topological polar surface area (TPSA) is 21.6 Å². The van der Waals surface area contributed by atoms with E-state index in [1.165, 1.54) is 0 Å². The minimum atomic E-state index is 0.813. The Hall–Kier alpha value is -1.61. The zero-order valence-electron chi connectivity index (χ0n) is 9.31. The summed E-state index contributed by atoms with van der Waals surface area (Å²) in [5.74, 6) is 0.813. The number of ether oxygens (including phenoxy) is 1. The first-order valence-electron chi connectivity index (χ1n) is 5.02. The SMILES string of the molecule is COc1cccc(C)c1N=Cc1cccs1. The Morgan fingerprint density at radius 3 is 2.81 bits per heavy atom. The van der Waals surface area contributed by atoms with Gasteiger partial charge in [-0.15, -0.1) is 11.3 Å². The standard InChI is InChI=1S/C13H13NOS/c1-10-5-3-7-12(15-2)13(10)14-9-11-6-4-8-16-11/h3-9H,1-2H3. The lowest BCUT2D eigenvalue weighted by Crippen LogP contribution is -1.85. The van der Waals surface area contributed by atoms with Crippen LogP contribution in [0.2, 0.25) is 0 Å². The van der Waals surface area contributed by atoms with Crippen LogP contribution < -0.4 is 4.74 Å². The normalized spacial score (nSPS) is 10.9. The molecule has 0 unspecified atom stereocenters. The van der Waals surface area contributed by atoms with Gasteiger partial charge in [-0.25, -0.2) is 0 Å². The van der Waals surface area contributed by atoms with Gasteiger partial charge in [-0.1, -0.05) is 18.2 Å². The summed E-state index contributed by atoms with van der Waals surface area (Å²) in [4.78, 5) is 5.62. The van der Waals surface area contributed by atoms with Gasteiger partial charge in [0.15, 0.2) is 0 Å². The van der Waals surface area contributed by atoms with Crippen LogP contribution in [0.3, 0.4) is 0 Å². The molecule has 0 spiro atoms. The molecule has 3 heteroatoms. The van der Waals surface area contributed by atoms with E-state index in [1.54, 1.807) is 18.4 Å². The van der Waals surface area contributed by atoms with Crippen molar-refractivity contribution in [2.24, 2.45) is 4.99 Å². The quantitative estimate of drug-likeness (QED) is 0.736. The average Bonchev–Trinajstić information content (AvgIpc) is 2.80. The molecule has 0 saturated carbocycles. The third-order valence-corrected chi connectivity index (χ3v) is 3.09. The molecule has 82 valence electrons. The van der Waals surface area contributed by atoms with Gasteiger partial charge in [0.25, 0.3) is 0 Å². The van der Waals surface area contributed by atoms with Gasteiger partial charge in [0.2, 0.25) is 0 Å². The summed E-state index contributed by atoms with van der Waals surface area (Å²) in [5, 5.41) is 2.04. The Morgan fingerprint density at radius 1 is 1.25 bits per heavy atom. The van der Waals surface area contributed by atoms with Gasteiger partial charge in [0.1, 0.15) is 11.4 Å². The molecule has 2 nitrogen and oxygen atoms in total. The molecule has 2 rings (SSSR count). The summed E-state index contributed by atoms with van der Waals surface area (Å²) in [6, 6.07) is 9.98. The molecule has 0 atom stereocenters. The molecule has 0 aliphatic rings. The Labute approximate surface area is 99.2 Å². The molecule has 1 heterocycles. The number of hydrogen-bond donors (Lipinski definition) is 0. The third-order valence-electron chi connectivity index (χ3n) is 2.28. The molecule has 0 bridgehead atoms. The second kappa shape index (κ2) is 4.94. The molecule has 0 aliphatic heterocycles. The second-order valence-corrected chi connectivity index (χ2v) is 4.38. The van der Waals surface area contributed by atoms with E-state index in [0.717, 1.165) is 21.9 Å². The van der Waals surface area contributed by atoms with Crippen LogP contribution in [0.5, 0.6) is 5.75 Å². The van der Waals surface area contributed by atoms with Crippen LogP contribution in [-0.4, -0.2) is 13.3 Å². The molecular weight excluding hydrogens is 218 g/mol. The van der Waals surface area contributed by atoms with Crippen molar-refractivity contribution in [3.05, 3.63) is 46.2 Å². The third kappa shape index (κ3) is 2.31. The molecule has 16 heavy (non-hydrogen) atoms. The van der Waals surface area contributed by atoms with E-state index in [1.807, 2.05) is 48.9 Å². The van der Waals surface area contributed by atoms with Crippen LogP contribution in [0.25, 0.3) is 0 Å². The fourth-order valence-corrected chi connectivity index (χ4v) is 2.04. The van der Waals surface area contributed by atoms with Crippen molar-refractivity contribution < 1.29 is 4.74 Å². The molecular formula is C13H13NOS. The Kier molecular flexibility index (Phi) is 3.37. The number of rotatable bonds is 3. The number of aryl methyl sites for hydroxylation is 1. The minimum absolute atomic E-state index is 0.813. The van der Waals surface area contributed by atoms with Crippen molar-refractivity contribution in [1.82, 2.24) is 0 Å². The van der Waals surface area contributed by atoms with Crippen molar-refractivity contribution in [3.8, 4) is 5.75 Å². The highest BCUT2D eigenvalue weighted by atomic mass is 32.1. The molecule has 2 aromatic rings. The van der Waals surface area contributed by atoms with Gasteiger partial charge in [-0.2, -0.15) is 0 Å². The number of methoxy groups -OCH3 is 1. The molecule has 1 aromatic carbocycles. The molecule has 0 fully saturated rings. The van der Waals surface area contributed by atoms with Crippen molar-refractivity contribution in [1.29, 1.82) is 0 Å². The summed E-state index contributed by atoms with van der Waals surface area (Å²) in [6.07, 6.45) is 1.87. The monoisotopic (exact) mass is 231 g/mol. The number of para-hydroxylation sites is 1. The highest BCUT2D eigenvalue weighted by Crippen LogP contribution is 2.30. The fourth-order valence-electron chi connectivity index (χ4n) is 1.46. The minimum Gasteiger partial charge on any atom is -0.494 e. The summed E-state index contributed by atoms with van der Waals surface area (Å²) in [6.45, 7) is 2.03. The molecule has 0 saturated heterocycles. The van der Waals surface area contributed by atoms with Crippen molar-refractivity contribution in [2.45, 2.75) is 6.92 Å². The molecule has 1 aromatic heterocycles. The van der Waals surface area contributed by atoms with Gasteiger partial charge < -0.3 is 4.74 Å². The van der Waals surface area contributed by atoms with Crippen LogP contribution >= 0.6 is 11.3 Å². The van der Waals surface area contributed by atoms with E-state index < -0.39 is 0 Å². The Morgan fingerprint density at radius 2 is 2.12 bits per heavy atom. The van der Waals surface area contributed by atoms with E-state index >= 15 is 0 Å². The predicted octanol–water partition coefficient (Wildman–Crippen LogP) is 3.82. The van der Waals surface area contributed by atoms with Crippen molar-refractivity contribution >= 4 is 23.2 Å². The van der Waals surface area contributed by atoms with Crippen LogP contribution in [0.4, 0.5) is 5.69 Å². The average molecular weight is 231 g/mol. The van der Waals surface area contributed by atoms with Crippen LogP contribution in [0, 0.1) is 6.92 Å². The summed E-state index contributed by atoms with van der Waals surface area (Å²) >= 11 is 1.67. The maximum Gasteiger partial charge on any atom is 0.144 e. The summed E-state index contributed by atoms with van der Waals surface area (Å²) in [7, 11) is 1.67.